The molecule has 0 aliphatic carbocycles. The lowest BCUT2D eigenvalue weighted by molar-refractivity contribution is -0.152. The van der Waals surface area contributed by atoms with Crippen LogP contribution < -0.4 is 5.32 Å². The Morgan fingerprint density at radius 1 is 0.946 bits per heavy atom. The molecular weight excluding hydrogens is 488 g/mol. The van der Waals surface area contributed by atoms with Crippen molar-refractivity contribution in [1.29, 1.82) is 0 Å². The van der Waals surface area contributed by atoms with Crippen molar-refractivity contribution in [3.63, 3.8) is 0 Å². The van der Waals surface area contributed by atoms with Crippen molar-refractivity contribution < 1.29 is 14.7 Å². The fourth-order valence-electron chi connectivity index (χ4n) is 5.81. The number of carbonyl (C=O) groups is 2. The molecule has 2 aromatic rings. The van der Waals surface area contributed by atoms with Crippen LogP contribution in [0.25, 0.3) is 0 Å². The average Bonchev–Trinajstić information content (AvgIpc) is 2.91. The molecule has 0 bridgehead atoms. The third kappa shape index (κ3) is 5.64. The van der Waals surface area contributed by atoms with Crippen LogP contribution in [0.4, 0.5) is 5.69 Å². The number of halogens is 1. The van der Waals surface area contributed by atoms with Crippen molar-refractivity contribution in [2.45, 2.75) is 56.7 Å². The molecule has 2 aromatic carbocycles. The summed E-state index contributed by atoms with van der Waals surface area (Å²) in [5, 5.41) is 15.0. The van der Waals surface area contributed by atoms with Gasteiger partial charge in [0, 0.05) is 51.0 Å². The number of nitrogens with zero attached hydrogens (tertiary/aromatic N) is 3. The van der Waals surface area contributed by atoms with E-state index in [1.165, 1.54) is 6.42 Å². The van der Waals surface area contributed by atoms with E-state index in [1.54, 1.807) is 24.0 Å². The molecule has 37 heavy (non-hydrogen) atoms. The Kier molecular flexibility index (Phi) is 7.75. The SMILES string of the molecule is C[C@](O)(C(=O)N1CCC(N2CC(Nc3ccc(C(=O)N4CCCCC4)c(Cl)c3)C2)CC1)c1ccccc1. The highest BCUT2D eigenvalue weighted by Crippen LogP contribution is 2.29. The van der Waals surface area contributed by atoms with Crippen molar-refractivity contribution in [3.05, 3.63) is 64.7 Å². The van der Waals surface area contributed by atoms with Crippen LogP contribution in [0.2, 0.25) is 5.02 Å². The molecule has 0 unspecified atom stereocenters. The van der Waals surface area contributed by atoms with Gasteiger partial charge in [0.1, 0.15) is 0 Å². The molecule has 3 aliphatic heterocycles. The maximum absolute atomic E-state index is 13.0. The minimum Gasteiger partial charge on any atom is -0.380 e. The highest BCUT2D eigenvalue weighted by atomic mass is 35.5. The Balaban J connectivity index is 1.08. The lowest BCUT2D eigenvalue weighted by Crippen LogP contribution is -2.61. The van der Waals surface area contributed by atoms with Gasteiger partial charge >= 0.3 is 0 Å². The van der Waals surface area contributed by atoms with E-state index in [0.717, 1.165) is 57.5 Å². The highest BCUT2D eigenvalue weighted by molar-refractivity contribution is 6.34. The van der Waals surface area contributed by atoms with Crippen molar-refractivity contribution >= 4 is 29.1 Å². The largest absolute Gasteiger partial charge is 0.380 e. The normalized spacial score (nSPS) is 21.3. The average molecular weight is 525 g/mol. The monoisotopic (exact) mass is 524 g/mol. The first-order valence-corrected chi connectivity index (χ1v) is 13.9. The summed E-state index contributed by atoms with van der Waals surface area (Å²) in [7, 11) is 0. The van der Waals surface area contributed by atoms with E-state index in [1.807, 2.05) is 41.3 Å². The van der Waals surface area contributed by atoms with Crippen LogP contribution in [-0.2, 0) is 10.4 Å². The molecule has 3 fully saturated rings. The Hall–Kier alpha value is -2.61. The first-order chi connectivity index (χ1) is 17.8. The molecule has 7 nitrogen and oxygen atoms in total. The molecule has 198 valence electrons. The van der Waals surface area contributed by atoms with Gasteiger partial charge in [-0.15, -0.1) is 0 Å². The minimum absolute atomic E-state index is 0.0289. The van der Waals surface area contributed by atoms with Gasteiger partial charge in [-0.25, -0.2) is 0 Å². The lowest BCUT2D eigenvalue weighted by atomic mass is 9.92. The van der Waals surface area contributed by atoms with Gasteiger partial charge in [0.25, 0.3) is 11.8 Å². The molecule has 0 aromatic heterocycles. The van der Waals surface area contributed by atoms with Crippen molar-refractivity contribution in [2.24, 2.45) is 0 Å². The molecule has 3 aliphatic rings. The number of likely N-dealkylation sites (tertiary alicyclic amines) is 3. The molecule has 5 rings (SSSR count). The summed E-state index contributed by atoms with van der Waals surface area (Å²) < 4.78 is 0. The summed E-state index contributed by atoms with van der Waals surface area (Å²) in [5.74, 6) is -0.194. The number of benzene rings is 2. The predicted octanol–water partition coefficient (Wildman–Crippen LogP) is 3.96. The van der Waals surface area contributed by atoms with Crippen LogP contribution >= 0.6 is 11.6 Å². The third-order valence-corrected chi connectivity index (χ3v) is 8.46. The van der Waals surface area contributed by atoms with Gasteiger partial charge in [-0.1, -0.05) is 41.9 Å². The summed E-state index contributed by atoms with van der Waals surface area (Å²) in [6.07, 6.45) is 5.12. The van der Waals surface area contributed by atoms with Gasteiger partial charge in [0.15, 0.2) is 5.60 Å². The predicted molar refractivity (Wildman–Crippen MR) is 146 cm³/mol. The third-order valence-electron chi connectivity index (χ3n) is 8.14. The number of rotatable bonds is 6. The maximum Gasteiger partial charge on any atom is 0.258 e. The van der Waals surface area contributed by atoms with E-state index in [2.05, 4.69) is 10.2 Å². The molecule has 3 saturated heterocycles. The summed E-state index contributed by atoms with van der Waals surface area (Å²) in [5.41, 5.74) is 0.641. The number of piperidine rings is 2. The molecule has 3 heterocycles. The number of anilines is 1. The first kappa shape index (κ1) is 26.0. The van der Waals surface area contributed by atoms with Crippen LogP contribution in [-0.4, -0.2) is 83.0 Å². The number of nitrogens with one attached hydrogen (secondary N) is 1. The second-order valence-corrected chi connectivity index (χ2v) is 11.2. The van der Waals surface area contributed by atoms with Gasteiger partial charge < -0.3 is 20.2 Å². The Morgan fingerprint density at radius 2 is 1.62 bits per heavy atom. The van der Waals surface area contributed by atoms with Gasteiger partial charge in [-0.2, -0.15) is 0 Å². The lowest BCUT2D eigenvalue weighted by Gasteiger charge is -2.48. The number of carbonyl (C=O) groups excluding carboxylic acids is 2. The van der Waals surface area contributed by atoms with E-state index in [9.17, 15) is 14.7 Å². The van der Waals surface area contributed by atoms with Crippen LogP contribution in [0, 0.1) is 0 Å². The molecule has 1 atom stereocenters. The van der Waals surface area contributed by atoms with Crippen LogP contribution in [0.1, 0.15) is 54.9 Å². The minimum atomic E-state index is -1.50. The fourth-order valence-corrected chi connectivity index (χ4v) is 6.07. The summed E-state index contributed by atoms with van der Waals surface area (Å²) in [6.45, 7) is 6.40. The fraction of sp³-hybridized carbons (Fsp3) is 0.517. The van der Waals surface area contributed by atoms with Crippen molar-refractivity contribution in [2.75, 3.05) is 44.6 Å². The molecule has 0 spiro atoms. The van der Waals surface area contributed by atoms with Crippen molar-refractivity contribution in [3.8, 4) is 0 Å². The zero-order chi connectivity index (χ0) is 26.0. The Labute approximate surface area is 224 Å². The first-order valence-electron chi connectivity index (χ1n) is 13.5. The van der Waals surface area contributed by atoms with E-state index < -0.39 is 5.60 Å². The zero-order valence-corrected chi connectivity index (χ0v) is 22.3. The molecular formula is C29H37ClN4O3. The van der Waals surface area contributed by atoms with Crippen molar-refractivity contribution in [1.82, 2.24) is 14.7 Å². The Morgan fingerprint density at radius 3 is 2.27 bits per heavy atom. The van der Waals surface area contributed by atoms with E-state index >= 15 is 0 Å². The van der Waals surface area contributed by atoms with Crippen LogP contribution in [0.5, 0.6) is 0 Å². The molecule has 2 amide bonds. The number of amides is 2. The number of hydrogen-bond donors (Lipinski definition) is 2. The van der Waals surface area contributed by atoms with E-state index in [4.69, 9.17) is 11.6 Å². The molecule has 0 saturated carbocycles. The molecule has 2 N–H and O–H groups in total. The molecule has 0 radical (unpaired) electrons. The van der Waals surface area contributed by atoms with Crippen LogP contribution in [0.15, 0.2) is 48.5 Å². The standard InChI is InChI=1S/C29H37ClN4O3/c1-29(37,21-8-4-2-5-9-21)28(36)33-16-12-24(13-17-33)34-19-23(20-34)31-22-10-11-25(26(30)18-22)27(35)32-14-6-3-7-15-32/h2,4-5,8-11,18,23-24,31,37H,3,6-7,12-17,19-20H2,1H3/t29-/m1/s1. The summed E-state index contributed by atoms with van der Waals surface area (Å²) in [6, 6.07) is 15.6. The van der Waals surface area contributed by atoms with Gasteiger partial charge in [0.2, 0.25) is 0 Å². The summed E-state index contributed by atoms with van der Waals surface area (Å²) in [4.78, 5) is 32.0. The van der Waals surface area contributed by atoms with Gasteiger partial charge in [-0.05, 0) is 62.8 Å². The second kappa shape index (κ2) is 11.0. The van der Waals surface area contributed by atoms with Crippen LogP contribution in [0.3, 0.4) is 0 Å². The smallest absolute Gasteiger partial charge is 0.258 e. The number of hydrogen-bond acceptors (Lipinski definition) is 5. The molecule has 8 heteroatoms. The highest BCUT2D eigenvalue weighted by Gasteiger charge is 2.40. The Bertz CT molecular complexity index is 1110. The topological polar surface area (TPSA) is 76.1 Å². The van der Waals surface area contributed by atoms with E-state index in [-0.39, 0.29) is 11.8 Å². The maximum atomic E-state index is 13.0. The summed E-state index contributed by atoms with van der Waals surface area (Å²) >= 11 is 6.50. The zero-order valence-electron chi connectivity index (χ0n) is 21.5. The van der Waals surface area contributed by atoms with Gasteiger partial charge in [0.05, 0.1) is 16.6 Å². The quantitative estimate of drug-likeness (QED) is 0.598. The van der Waals surface area contributed by atoms with Gasteiger partial charge in [-0.3, -0.25) is 14.5 Å². The van der Waals surface area contributed by atoms with E-state index in [0.29, 0.717) is 41.3 Å². The second-order valence-electron chi connectivity index (χ2n) is 10.8. The number of aliphatic hydroxyl groups is 1.